The number of unbranched alkanes of at least 4 members (excludes halogenated alkanes) is 8. The molecule has 1 aliphatic rings. The Kier molecular flexibility index (Phi) is 12.8. The van der Waals surface area contributed by atoms with Gasteiger partial charge in [-0.05, 0) is 118 Å². The van der Waals surface area contributed by atoms with Crippen LogP contribution in [0.3, 0.4) is 0 Å². The zero-order chi connectivity index (χ0) is 36.6. The molecular formula is C47H56N2OS3. The van der Waals surface area contributed by atoms with Crippen molar-refractivity contribution in [3.8, 4) is 25.9 Å². The van der Waals surface area contributed by atoms with Crippen LogP contribution in [0.4, 0.5) is 0 Å². The monoisotopic (exact) mass is 760 g/mol. The lowest BCUT2D eigenvalue weighted by atomic mass is 9.71. The van der Waals surface area contributed by atoms with Crippen LogP contribution in [0.1, 0.15) is 129 Å². The molecule has 0 N–H and O–H groups in total. The van der Waals surface area contributed by atoms with Gasteiger partial charge in [0.1, 0.15) is 16.8 Å². The first-order chi connectivity index (χ1) is 25.9. The molecule has 3 heterocycles. The van der Waals surface area contributed by atoms with Gasteiger partial charge in [0, 0.05) is 30.5 Å². The lowest BCUT2D eigenvalue weighted by Crippen LogP contribution is -2.25. The Labute approximate surface area is 330 Å². The van der Waals surface area contributed by atoms with Crippen molar-refractivity contribution < 1.29 is 4.74 Å². The molecule has 3 aromatic heterocycles. The minimum Gasteiger partial charge on any atom is -0.494 e. The Balaban J connectivity index is 1.05. The van der Waals surface area contributed by atoms with Crippen LogP contribution in [0.25, 0.3) is 31.2 Å². The van der Waals surface area contributed by atoms with Gasteiger partial charge in [0.05, 0.1) is 18.3 Å². The molecule has 0 radical (unpaired) electrons. The molecule has 0 bridgehead atoms. The quantitative estimate of drug-likeness (QED) is 0.0727. The van der Waals surface area contributed by atoms with Gasteiger partial charge in [-0.1, -0.05) is 112 Å². The molecule has 3 aromatic carbocycles. The predicted molar refractivity (Wildman–Crippen MR) is 231 cm³/mol. The summed E-state index contributed by atoms with van der Waals surface area (Å²) in [6, 6.07) is 27.7. The van der Waals surface area contributed by atoms with Crippen molar-refractivity contribution in [3.05, 3.63) is 111 Å². The van der Waals surface area contributed by atoms with Gasteiger partial charge in [0.2, 0.25) is 0 Å². The topological polar surface area (TPSA) is 35.0 Å². The van der Waals surface area contributed by atoms with Crippen LogP contribution >= 0.6 is 34.4 Å². The molecule has 0 spiro atoms. The van der Waals surface area contributed by atoms with E-state index in [2.05, 4.69) is 105 Å². The first kappa shape index (κ1) is 38.0. The van der Waals surface area contributed by atoms with E-state index in [0.717, 1.165) is 42.7 Å². The Morgan fingerprint density at radius 3 is 1.94 bits per heavy atom. The third-order valence-electron chi connectivity index (χ3n) is 11.4. The predicted octanol–water partition coefficient (Wildman–Crippen LogP) is 14.6. The van der Waals surface area contributed by atoms with Gasteiger partial charge >= 0.3 is 0 Å². The smallest absolute Gasteiger partial charge is 0.119 e. The second-order valence-electron chi connectivity index (χ2n) is 15.4. The molecule has 278 valence electrons. The maximum atomic E-state index is 6.10. The summed E-state index contributed by atoms with van der Waals surface area (Å²) >= 11 is 5.31. The maximum absolute atomic E-state index is 6.10. The standard InChI is InChI=1S/C47H56N2OS3/c1-5-6-7-8-9-10-15-30-50-38-25-23-37(24-26-38)17-12-14-29-47(28-13-11-16-36-21-18-33(2)19-22-36)40-31-35(4)51-45(40)46-41(47)32-42(52-46)39-27-20-34(3)43-44(39)49-53-48-43/h18-27,31-32H,5-17,28-30H2,1-4H3. The van der Waals surface area contributed by atoms with Crippen molar-refractivity contribution in [3.63, 3.8) is 0 Å². The second-order valence-corrected chi connectivity index (χ2v) is 18.3. The number of benzene rings is 3. The van der Waals surface area contributed by atoms with Crippen LogP contribution in [-0.4, -0.2) is 15.4 Å². The van der Waals surface area contributed by atoms with Gasteiger partial charge in [-0.15, -0.1) is 22.7 Å². The van der Waals surface area contributed by atoms with Gasteiger partial charge < -0.3 is 4.74 Å². The van der Waals surface area contributed by atoms with Gasteiger partial charge in [0.15, 0.2) is 0 Å². The molecule has 6 heteroatoms. The molecule has 1 atom stereocenters. The van der Waals surface area contributed by atoms with Crippen LogP contribution in [0.2, 0.25) is 0 Å². The summed E-state index contributed by atoms with van der Waals surface area (Å²) in [4.78, 5) is 5.77. The van der Waals surface area contributed by atoms with E-state index in [0.29, 0.717) is 0 Å². The van der Waals surface area contributed by atoms with E-state index in [9.17, 15) is 0 Å². The summed E-state index contributed by atoms with van der Waals surface area (Å²) in [5.74, 6) is 1.01. The van der Waals surface area contributed by atoms with Crippen LogP contribution in [-0.2, 0) is 18.3 Å². The van der Waals surface area contributed by atoms with Gasteiger partial charge in [-0.2, -0.15) is 8.75 Å². The normalized spacial score (nSPS) is 14.9. The summed E-state index contributed by atoms with van der Waals surface area (Å²) in [5.41, 5.74) is 11.9. The molecule has 0 fully saturated rings. The average Bonchev–Trinajstić information content (AvgIpc) is 3.96. The van der Waals surface area contributed by atoms with Crippen molar-refractivity contribution in [1.82, 2.24) is 8.75 Å². The third-order valence-corrected chi connectivity index (χ3v) is 14.3. The van der Waals surface area contributed by atoms with Crippen molar-refractivity contribution in [1.29, 1.82) is 0 Å². The molecule has 3 nitrogen and oxygen atoms in total. The average molecular weight is 761 g/mol. The Morgan fingerprint density at radius 2 is 1.23 bits per heavy atom. The minimum absolute atomic E-state index is 0.0509. The fraction of sp³-hybridized carbons (Fsp3) is 0.447. The van der Waals surface area contributed by atoms with E-state index in [4.69, 9.17) is 9.11 Å². The van der Waals surface area contributed by atoms with E-state index in [1.807, 2.05) is 22.7 Å². The number of hydrogen-bond acceptors (Lipinski definition) is 6. The van der Waals surface area contributed by atoms with Crippen LogP contribution in [0.15, 0.2) is 72.8 Å². The molecule has 1 aliphatic carbocycles. The SMILES string of the molecule is CCCCCCCCCOc1ccc(CCCCC2(CCCCc3ccc(C)cc3)c3cc(C)sc3-c3sc(-c4ccc(C)c5nsnc45)cc32)cc1. The lowest BCUT2D eigenvalue weighted by molar-refractivity contribution is 0.304. The number of ether oxygens (including phenoxy) is 1. The molecule has 0 saturated heterocycles. The molecule has 1 unspecified atom stereocenters. The van der Waals surface area contributed by atoms with Gasteiger partial charge in [0.25, 0.3) is 0 Å². The first-order valence-electron chi connectivity index (χ1n) is 20.2. The minimum atomic E-state index is 0.0509. The zero-order valence-electron chi connectivity index (χ0n) is 32.3. The molecule has 0 amide bonds. The first-order valence-corrected chi connectivity index (χ1v) is 22.6. The summed E-state index contributed by atoms with van der Waals surface area (Å²) in [6.45, 7) is 9.72. The van der Waals surface area contributed by atoms with Crippen molar-refractivity contribution in [2.24, 2.45) is 0 Å². The summed E-state index contributed by atoms with van der Waals surface area (Å²) < 4.78 is 15.5. The molecule has 6 aromatic rings. The molecular weight excluding hydrogens is 705 g/mol. The zero-order valence-corrected chi connectivity index (χ0v) is 34.7. The van der Waals surface area contributed by atoms with E-state index in [1.165, 1.54) is 136 Å². The molecule has 0 aliphatic heterocycles. The third kappa shape index (κ3) is 8.82. The summed E-state index contributed by atoms with van der Waals surface area (Å²) in [6.07, 6.45) is 18.6. The Hall–Kier alpha value is -3.32. The number of hydrogen-bond donors (Lipinski definition) is 0. The number of fused-ring (bicyclic) bond motifs is 4. The highest BCUT2D eigenvalue weighted by Crippen LogP contribution is 2.60. The highest BCUT2D eigenvalue weighted by molar-refractivity contribution is 7.24. The molecule has 0 saturated carbocycles. The van der Waals surface area contributed by atoms with Gasteiger partial charge in [-0.3, -0.25) is 0 Å². The number of thiophene rings is 2. The Morgan fingerprint density at radius 1 is 0.604 bits per heavy atom. The fourth-order valence-electron chi connectivity index (χ4n) is 8.35. The van der Waals surface area contributed by atoms with E-state index in [1.54, 1.807) is 11.1 Å². The number of aryl methyl sites for hydroxylation is 5. The highest BCUT2D eigenvalue weighted by Gasteiger charge is 2.45. The van der Waals surface area contributed by atoms with E-state index < -0.39 is 0 Å². The number of nitrogens with zero attached hydrogens (tertiary/aromatic N) is 2. The summed E-state index contributed by atoms with van der Waals surface area (Å²) in [7, 11) is 0. The number of aromatic nitrogens is 2. The largest absolute Gasteiger partial charge is 0.494 e. The second kappa shape index (κ2) is 17.9. The van der Waals surface area contributed by atoms with Crippen LogP contribution in [0, 0.1) is 20.8 Å². The Bertz CT molecular complexity index is 2070. The van der Waals surface area contributed by atoms with Crippen LogP contribution in [0.5, 0.6) is 5.75 Å². The van der Waals surface area contributed by atoms with Crippen molar-refractivity contribution in [2.75, 3.05) is 6.61 Å². The lowest BCUT2D eigenvalue weighted by Gasteiger charge is -2.31. The van der Waals surface area contributed by atoms with E-state index >= 15 is 0 Å². The molecule has 53 heavy (non-hydrogen) atoms. The highest BCUT2D eigenvalue weighted by atomic mass is 32.1. The van der Waals surface area contributed by atoms with Gasteiger partial charge in [-0.25, -0.2) is 0 Å². The van der Waals surface area contributed by atoms with Crippen molar-refractivity contribution in [2.45, 2.75) is 129 Å². The molecule has 7 rings (SSSR count). The summed E-state index contributed by atoms with van der Waals surface area (Å²) in [5, 5.41) is 0. The van der Waals surface area contributed by atoms with Crippen molar-refractivity contribution >= 4 is 45.4 Å². The van der Waals surface area contributed by atoms with Crippen LogP contribution < -0.4 is 4.74 Å². The fourth-order valence-corrected chi connectivity index (χ4v) is 11.5. The number of rotatable bonds is 20. The maximum Gasteiger partial charge on any atom is 0.119 e. The van der Waals surface area contributed by atoms with E-state index in [-0.39, 0.29) is 5.41 Å².